The zero-order chi connectivity index (χ0) is 20.4. The molecule has 0 radical (unpaired) electrons. The Morgan fingerprint density at radius 2 is 2.07 bits per heavy atom. The monoisotopic (exact) mass is 430 g/mol. The van der Waals surface area contributed by atoms with Gasteiger partial charge in [-0.3, -0.25) is 4.79 Å². The first kappa shape index (κ1) is 20.0. The Hall–Kier alpha value is -2.25. The van der Waals surface area contributed by atoms with Crippen molar-refractivity contribution in [2.24, 2.45) is 13.0 Å². The maximum absolute atomic E-state index is 13.2. The topological polar surface area (TPSA) is 64.2 Å². The van der Waals surface area contributed by atoms with Gasteiger partial charge in [-0.05, 0) is 31.7 Å². The molecule has 0 saturated carbocycles. The van der Waals surface area contributed by atoms with Crippen molar-refractivity contribution in [2.45, 2.75) is 24.9 Å². The van der Waals surface area contributed by atoms with E-state index in [9.17, 15) is 4.79 Å². The molecule has 0 unspecified atom stereocenters. The Morgan fingerprint density at radius 3 is 2.76 bits per heavy atom. The van der Waals surface area contributed by atoms with E-state index < -0.39 is 0 Å². The van der Waals surface area contributed by atoms with Crippen molar-refractivity contribution in [3.05, 3.63) is 53.0 Å². The summed E-state index contributed by atoms with van der Waals surface area (Å²) in [6, 6.07) is 7.38. The maximum atomic E-state index is 13.2. The van der Waals surface area contributed by atoms with Crippen molar-refractivity contribution in [3.63, 3.8) is 0 Å². The molecule has 6 nitrogen and oxygen atoms in total. The molecule has 0 bridgehead atoms. The Morgan fingerprint density at radius 1 is 1.31 bits per heavy atom. The number of aryl methyl sites for hydroxylation is 2. The standard InChI is InChI=1S/C21H23ClN4O2S/c1-14-18(19(24-28-14)16-5-3-4-6-17(16)22)20(27)26-10-7-15(8-11-26)13-29-21-23-9-12-25(21)2/h3-6,9,12,15H,7-8,10-11,13H2,1-2H3. The summed E-state index contributed by atoms with van der Waals surface area (Å²) in [4.78, 5) is 19.5. The second-order valence-corrected chi connectivity index (χ2v) is 8.70. The molecule has 1 aliphatic rings. The first-order chi connectivity index (χ1) is 14.0. The summed E-state index contributed by atoms with van der Waals surface area (Å²) in [5, 5.41) is 5.71. The molecule has 0 atom stereocenters. The van der Waals surface area contributed by atoms with E-state index in [2.05, 4.69) is 10.1 Å². The van der Waals surface area contributed by atoms with Gasteiger partial charge in [0.25, 0.3) is 5.91 Å². The molecule has 2 aromatic heterocycles. The highest BCUT2D eigenvalue weighted by molar-refractivity contribution is 7.99. The smallest absolute Gasteiger partial charge is 0.259 e. The summed E-state index contributed by atoms with van der Waals surface area (Å²) in [7, 11) is 2.01. The number of hydrogen-bond donors (Lipinski definition) is 0. The number of piperidine rings is 1. The molecule has 1 saturated heterocycles. The number of nitrogens with zero attached hydrogens (tertiary/aromatic N) is 4. The fourth-order valence-electron chi connectivity index (χ4n) is 3.61. The number of thioether (sulfide) groups is 1. The molecule has 152 valence electrons. The van der Waals surface area contributed by atoms with Gasteiger partial charge in [-0.15, -0.1) is 0 Å². The third kappa shape index (κ3) is 4.21. The van der Waals surface area contributed by atoms with Gasteiger partial charge in [0.2, 0.25) is 0 Å². The van der Waals surface area contributed by atoms with Crippen LogP contribution < -0.4 is 0 Å². The lowest BCUT2D eigenvalue weighted by Gasteiger charge is -2.31. The molecule has 0 aliphatic carbocycles. The van der Waals surface area contributed by atoms with E-state index in [0.29, 0.717) is 28.0 Å². The minimum atomic E-state index is -0.0334. The van der Waals surface area contributed by atoms with Crippen LogP contribution in [0.2, 0.25) is 5.02 Å². The molecule has 8 heteroatoms. The van der Waals surface area contributed by atoms with Gasteiger partial charge >= 0.3 is 0 Å². The van der Waals surface area contributed by atoms with Crippen LogP contribution in [-0.2, 0) is 7.05 Å². The van der Waals surface area contributed by atoms with Crippen LogP contribution in [0.25, 0.3) is 11.3 Å². The van der Waals surface area contributed by atoms with Crippen molar-refractivity contribution >= 4 is 29.3 Å². The number of aromatic nitrogens is 3. The van der Waals surface area contributed by atoms with Crippen molar-refractivity contribution in [1.82, 2.24) is 19.6 Å². The minimum absolute atomic E-state index is 0.0334. The Labute approximate surface area is 179 Å². The van der Waals surface area contributed by atoms with Crippen molar-refractivity contribution < 1.29 is 9.32 Å². The molecular weight excluding hydrogens is 408 g/mol. The van der Waals surface area contributed by atoms with Gasteiger partial charge in [-0.25, -0.2) is 4.98 Å². The average Bonchev–Trinajstić information content (AvgIpc) is 3.32. The Kier molecular flexibility index (Phi) is 5.96. The second-order valence-electron chi connectivity index (χ2n) is 7.31. The number of benzene rings is 1. The minimum Gasteiger partial charge on any atom is -0.360 e. The number of amides is 1. The van der Waals surface area contributed by atoms with Crippen LogP contribution in [0.3, 0.4) is 0 Å². The first-order valence-electron chi connectivity index (χ1n) is 9.65. The lowest BCUT2D eigenvalue weighted by Crippen LogP contribution is -2.39. The van der Waals surface area contributed by atoms with Crippen LogP contribution in [0.1, 0.15) is 29.0 Å². The third-order valence-electron chi connectivity index (χ3n) is 5.33. The quantitative estimate of drug-likeness (QED) is 0.550. The fraction of sp³-hybridized carbons (Fsp3) is 0.381. The predicted molar refractivity (Wildman–Crippen MR) is 114 cm³/mol. The van der Waals surface area contributed by atoms with Crippen LogP contribution in [0.15, 0.2) is 46.3 Å². The van der Waals surface area contributed by atoms with E-state index >= 15 is 0 Å². The third-order valence-corrected chi connectivity index (χ3v) is 6.95. The van der Waals surface area contributed by atoms with Crippen molar-refractivity contribution in [1.29, 1.82) is 0 Å². The first-order valence-corrected chi connectivity index (χ1v) is 11.0. The Bertz CT molecular complexity index is 1010. The number of carbonyl (C=O) groups is 1. The fourth-order valence-corrected chi connectivity index (χ4v) is 4.95. The normalized spacial score (nSPS) is 15.1. The van der Waals surface area contributed by atoms with Crippen LogP contribution in [0.5, 0.6) is 0 Å². The lowest BCUT2D eigenvalue weighted by atomic mass is 9.97. The molecule has 29 heavy (non-hydrogen) atoms. The van der Waals surface area contributed by atoms with E-state index in [1.807, 2.05) is 47.1 Å². The van der Waals surface area contributed by atoms with Gasteiger partial charge in [-0.2, -0.15) is 0 Å². The Balaban J connectivity index is 1.42. The number of likely N-dealkylation sites (tertiary alicyclic amines) is 1. The highest BCUT2D eigenvalue weighted by Gasteiger charge is 2.30. The van der Waals surface area contributed by atoms with Crippen LogP contribution in [-0.4, -0.2) is 44.4 Å². The van der Waals surface area contributed by atoms with Crippen LogP contribution in [0, 0.1) is 12.8 Å². The largest absolute Gasteiger partial charge is 0.360 e. The molecule has 3 heterocycles. The van der Waals surface area contributed by atoms with E-state index in [-0.39, 0.29) is 5.91 Å². The molecule has 1 aromatic carbocycles. The molecule has 4 rings (SSSR count). The van der Waals surface area contributed by atoms with Crippen LogP contribution in [0.4, 0.5) is 0 Å². The molecule has 1 amide bonds. The summed E-state index contributed by atoms with van der Waals surface area (Å²) >= 11 is 8.10. The molecule has 3 aromatic rings. The van der Waals surface area contributed by atoms with E-state index in [1.54, 1.807) is 24.8 Å². The summed E-state index contributed by atoms with van der Waals surface area (Å²) in [6.07, 6.45) is 5.74. The molecular formula is C21H23ClN4O2S. The highest BCUT2D eigenvalue weighted by atomic mass is 35.5. The number of rotatable bonds is 5. The number of hydrogen-bond acceptors (Lipinski definition) is 5. The lowest BCUT2D eigenvalue weighted by molar-refractivity contribution is 0.0697. The van der Waals surface area contributed by atoms with Gasteiger partial charge in [0.15, 0.2) is 5.16 Å². The molecule has 0 N–H and O–H groups in total. The van der Waals surface area contributed by atoms with Crippen LogP contribution >= 0.6 is 23.4 Å². The summed E-state index contributed by atoms with van der Waals surface area (Å²) in [5.41, 5.74) is 1.75. The average molecular weight is 431 g/mol. The van der Waals surface area contributed by atoms with E-state index in [4.69, 9.17) is 16.1 Å². The number of imidazole rings is 1. The van der Waals surface area contributed by atoms with E-state index in [1.165, 1.54) is 0 Å². The van der Waals surface area contributed by atoms with Gasteiger partial charge < -0.3 is 14.0 Å². The van der Waals surface area contributed by atoms with Gasteiger partial charge in [-0.1, -0.05) is 46.7 Å². The zero-order valence-corrected chi connectivity index (χ0v) is 18.0. The van der Waals surface area contributed by atoms with Gasteiger partial charge in [0.1, 0.15) is 17.0 Å². The maximum Gasteiger partial charge on any atom is 0.259 e. The molecule has 0 spiro atoms. The molecule has 1 fully saturated rings. The highest BCUT2D eigenvalue weighted by Crippen LogP contribution is 2.33. The van der Waals surface area contributed by atoms with Crippen molar-refractivity contribution in [2.75, 3.05) is 18.8 Å². The summed E-state index contributed by atoms with van der Waals surface area (Å²) in [5.74, 6) is 2.09. The summed E-state index contributed by atoms with van der Waals surface area (Å²) in [6.45, 7) is 3.24. The summed E-state index contributed by atoms with van der Waals surface area (Å²) < 4.78 is 7.40. The van der Waals surface area contributed by atoms with E-state index in [0.717, 1.165) is 42.4 Å². The SMILES string of the molecule is Cc1onc(-c2ccccc2Cl)c1C(=O)N1CCC(CSc2nccn2C)CC1. The number of carbonyl (C=O) groups excluding carboxylic acids is 1. The molecule has 1 aliphatic heterocycles. The predicted octanol–water partition coefficient (Wildman–Crippen LogP) is 4.68. The van der Waals surface area contributed by atoms with Gasteiger partial charge in [0, 0.05) is 43.8 Å². The van der Waals surface area contributed by atoms with Gasteiger partial charge in [0.05, 0.1) is 5.02 Å². The second kappa shape index (κ2) is 8.63. The zero-order valence-electron chi connectivity index (χ0n) is 16.5. The van der Waals surface area contributed by atoms with Crippen molar-refractivity contribution in [3.8, 4) is 11.3 Å². The number of halogens is 1.